The molecule has 2 aliphatic rings. The maximum atomic E-state index is 14.0. The van der Waals surface area contributed by atoms with Crippen LogP contribution in [0.1, 0.15) is 26.7 Å². The Balaban J connectivity index is 2.56. The Morgan fingerprint density at radius 3 is 2.30 bits per heavy atom. The van der Waals surface area contributed by atoms with Crippen LogP contribution in [0.3, 0.4) is 0 Å². The van der Waals surface area contributed by atoms with Gasteiger partial charge in [-0.15, -0.1) is 6.58 Å². The van der Waals surface area contributed by atoms with Gasteiger partial charge < -0.3 is 5.11 Å². The maximum absolute atomic E-state index is 14.0. The van der Waals surface area contributed by atoms with E-state index in [-0.39, 0.29) is 18.6 Å². The van der Waals surface area contributed by atoms with E-state index in [2.05, 4.69) is 6.58 Å². The molecule has 0 heterocycles. The van der Waals surface area contributed by atoms with Gasteiger partial charge in [-0.25, -0.2) is 0 Å². The second-order valence-electron chi connectivity index (χ2n) is 7.44. The van der Waals surface area contributed by atoms with Gasteiger partial charge in [0.1, 0.15) is 0 Å². The lowest BCUT2D eigenvalue weighted by Gasteiger charge is -2.35. The van der Waals surface area contributed by atoms with Crippen molar-refractivity contribution in [1.82, 2.24) is 0 Å². The van der Waals surface area contributed by atoms with Crippen molar-refractivity contribution in [2.45, 2.75) is 44.7 Å². The minimum Gasteiger partial charge on any atom is -0.506 e. The van der Waals surface area contributed by atoms with E-state index in [0.717, 1.165) is 0 Å². The Morgan fingerprint density at radius 2 is 1.81 bits per heavy atom. The van der Waals surface area contributed by atoms with Crippen LogP contribution in [0.2, 0.25) is 0 Å². The SMILES string of the molecule is C=CCSC[C@]12CC[C@H](/C(=C(/O)C(F)(F)C(F)(F)C(F)(F)F)C1=O)C2(C)C. The number of hydrogen-bond donors (Lipinski definition) is 1. The van der Waals surface area contributed by atoms with Gasteiger partial charge in [0.15, 0.2) is 11.5 Å². The van der Waals surface area contributed by atoms with E-state index < -0.39 is 51.9 Å². The van der Waals surface area contributed by atoms with Gasteiger partial charge in [0.05, 0.1) is 0 Å². The summed E-state index contributed by atoms with van der Waals surface area (Å²) in [7, 11) is 0. The minimum absolute atomic E-state index is 0.139. The summed E-state index contributed by atoms with van der Waals surface area (Å²) in [6, 6.07) is 0. The normalized spacial score (nSPS) is 30.0. The number of aliphatic hydroxyl groups excluding tert-OH is 1. The van der Waals surface area contributed by atoms with Crippen LogP contribution < -0.4 is 0 Å². The fourth-order valence-corrected chi connectivity index (χ4v) is 5.42. The second-order valence-corrected chi connectivity index (χ2v) is 8.47. The number of Topliss-reactive ketones (excluding diaryl/α,β-unsaturated/α-hetero) is 1. The van der Waals surface area contributed by atoms with Crippen molar-refractivity contribution in [3.8, 4) is 0 Å². The van der Waals surface area contributed by atoms with E-state index in [1.165, 1.54) is 11.8 Å². The largest absolute Gasteiger partial charge is 0.506 e. The molecule has 1 N–H and O–H groups in total. The third-order valence-electron chi connectivity index (χ3n) is 5.88. The summed E-state index contributed by atoms with van der Waals surface area (Å²) in [6.45, 7) is 6.68. The molecular formula is C17H19F7O2S. The number of alkyl halides is 7. The summed E-state index contributed by atoms with van der Waals surface area (Å²) in [5.74, 6) is -16.3. The Kier molecular flexibility index (Phi) is 5.25. The van der Waals surface area contributed by atoms with Crippen LogP contribution in [0.15, 0.2) is 24.0 Å². The lowest BCUT2D eigenvalue weighted by atomic mass is 9.70. The van der Waals surface area contributed by atoms with Gasteiger partial charge in [0.2, 0.25) is 0 Å². The van der Waals surface area contributed by atoms with Crippen LogP contribution in [-0.2, 0) is 4.79 Å². The average Bonchev–Trinajstić information content (AvgIpc) is 2.87. The second kappa shape index (κ2) is 6.42. The fraction of sp³-hybridized carbons (Fsp3) is 0.706. The molecule has 27 heavy (non-hydrogen) atoms. The number of thioether (sulfide) groups is 1. The van der Waals surface area contributed by atoms with E-state index in [9.17, 15) is 40.6 Å². The minimum atomic E-state index is -6.58. The molecule has 10 heteroatoms. The van der Waals surface area contributed by atoms with Crippen LogP contribution in [0.4, 0.5) is 30.7 Å². The molecule has 2 bridgehead atoms. The summed E-state index contributed by atoms with van der Waals surface area (Å²) in [4.78, 5) is 12.8. The highest BCUT2D eigenvalue weighted by molar-refractivity contribution is 7.99. The van der Waals surface area contributed by atoms with Crippen molar-refractivity contribution < 1.29 is 40.6 Å². The molecule has 2 nitrogen and oxygen atoms in total. The van der Waals surface area contributed by atoms with Crippen molar-refractivity contribution in [2.75, 3.05) is 11.5 Å². The zero-order valence-electron chi connectivity index (χ0n) is 14.6. The van der Waals surface area contributed by atoms with Crippen LogP contribution in [0.25, 0.3) is 0 Å². The number of ketones is 1. The Morgan fingerprint density at radius 1 is 1.26 bits per heavy atom. The van der Waals surface area contributed by atoms with Gasteiger partial charge in [0.25, 0.3) is 0 Å². The van der Waals surface area contributed by atoms with Crippen LogP contribution in [0.5, 0.6) is 0 Å². The Hall–Kier alpha value is -1.19. The highest BCUT2D eigenvalue weighted by atomic mass is 32.2. The molecule has 0 unspecified atom stereocenters. The van der Waals surface area contributed by atoms with E-state index in [4.69, 9.17) is 0 Å². The van der Waals surface area contributed by atoms with E-state index in [0.29, 0.717) is 5.75 Å². The van der Waals surface area contributed by atoms with Gasteiger partial charge in [-0.05, 0) is 24.2 Å². The molecule has 0 aromatic carbocycles. The predicted octanol–water partition coefficient (Wildman–Crippen LogP) is 5.56. The first kappa shape index (κ1) is 22.1. The number of carbonyl (C=O) groups is 1. The Bertz CT molecular complexity index is 681. The molecule has 2 saturated carbocycles. The molecule has 0 radical (unpaired) electrons. The van der Waals surface area contributed by atoms with Crippen molar-refractivity contribution in [2.24, 2.45) is 16.7 Å². The molecule has 2 rings (SSSR count). The molecule has 0 saturated heterocycles. The van der Waals surface area contributed by atoms with E-state index >= 15 is 0 Å². The summed E-state index contributed by atoms with van der Waals surface area (Å²) in [6.07, 6.45) is -4.60. The third kappa shape index (κ3) is 2.81. The zero-order valence-corrected chi connectivity index (χ0v) is 15.4. The standard InChI is InChI=1S/C17H19F7O2S/c1-4-7-27-8-14-6-5-9(13(14,2)3)10(11(14)25)12(26)15(18,19)16(20,21)17(22,23)24/h4,9,26H,1,5-8H2,2-3H3/b12-10-/t9-,14-/m1/s1. The molecule has 154 valence electrons. The molecule has 0 aliphatic heterocycles. The summed E-state index contributed by atoms with van der Waals surface area (Å²) < 4.78 is 91.9. The zero-order chi connectivity index (χ0) is 21.1. The van der Waals surface area contributed by atoms with Gasteiger partial charge in [0, 0.05) is 22.5 Å². The molecule has 2 aliphatic carbocycles. The number of aliphatic hydroxyl groups is 1. The summed E-state index contributed by atoms with van der Waals surface area (Å²) >= 11 is 1.28. The molecule has 0 amide bonds. The van der Waals surface area contributed by atoms with Crippen LogP contribution in [0, 0.1) is 16.7 Å². The lowest BCUT2D eigenvalue weighted by Crippen LogP contribution is -2.53. The lowest BCUT2D eigenvalue weighted by molar-refractivity contribution is -0.349. The van der Waals surface area contributed by atoms with Gasteiger partial charge in [-0.2, -0.15) is 42.5 Å². The van der Waals surface area contributed by atoms with E-state index in [1.807, 2.05) is 0 Å². The number of allylic oxidation sites excluding steroid dienone is 2. The third-order valence-corrected chi connectivity index (χ3v) is 7.05. The maximum Gasteiger partial charge on any atom is 0.460 e. The number of carbonyl (C=O) groups excluding carboxylic acids is 1. The highest BCUT2D eigenvalue weighted by Gasteiger charge is 2.77. The van der Waals surface area contributed by atoms with Crippen molar-refractivity contribution in [3.05, 3.63) is 24.0 Å². The summed E-state index contributed by atoms with van der Waals surface area (Å²) in [5.41, 5.74) is -3.18. The number of rotatable bonds is 6. The van der Waals surface area contributed by atoms with Crippen molar-refractivity contribution in [1.29, 1.82) is 0 Å². The fourth-order valence-electron chi connectivity index (χ4n) is 4.14. The quantitative estimate of drug-likeness (QED) is 0.201. The molecule has 2 atom stereocenters. The van der Waals surface area contributed by atoms with Crippen molar-refractivity contribution in [3.63, 3.8) is 0 Å². The van der Waals surface area contributed by atoms with Crippen molar-refractivity contribution >= 4 is 17.5 Å². The number of hydrogen-bond acceptors (Lipinski definition) is 3. The van der Waals surface area contributed by atoms with Gasteiger partial charge in [-0.3, -0.25) is 4.79 Å². The molecule has 0 aromatic heterocycles. The molecule has 2 fully saturated rings. The first-order valence-electron chi connectivity index (χ1n) is 8.09. The molecule has 0 aromatic rings. The first-order chi connectivity index (χ1) is 12.1. The predicted molar refractivity (Wildman–Crippen MR) is 87.1 cm³/mol. The summed E-state index contributed by atoms with van der Waals surface area (Å²) in [5, 5.41) is 9.79. The monoisotopic (exact) mass is 420 g/mol. The average molecular weight is 420 g/mol. The van der Waals surface area contributed by atoms with E-state index in [1.54, 1.807) is 19.9 Å². The van der Waals surface area contributed by atoms with Gasteiger partial charge in [-0.1, -0.05) is 19.9 Å². The molecular weight excluding hydrogens is 401 g/mol. The van der Waals surface area contributed by atoms with Crippen LogP contribution >= 0.6 is 11.8 Å². The topological polar surface area (TPSA) is 37.3 Å². The number of fused-ring (bicyclic) bond motifs is 2. The first-order valence-corrected chi connectivity index (χ1v) is 9.24. The smallest absolute Gasteiger partial charge is 0.460 e. The Labute approximate surface area is 155 Å². The van der Waals surface area contributed by atoms with Gasteiger partial charge >= 0.3 is 18.0 Å². The number of halogens is 7. The highest BCUT2D eigenvalue weighted by Crippen LogP contribution is 2.68. The van der Waals surface area contributed by atoms with Crippen LogP contribution in [-0.4, -0.2) is 40.4 Å². The molecule has 0 spiro atoms.